The van der Waals surface area contributed by atoms with Gasteiger partial charge in [-0.25, -0.2) is 4.79 Å². The maximum absolute atomic E-state index is 13.3. The molecule has 0 spiro atoms. The molecular formula is C30H27NO6. The van der Waals surface area contributed by atoms with Gasteiger partial charge < -0.3 is 19.5 Å². The third-order valence-corrected chi connectivity index (χ3v) is 6.84. The molecule has 2 heterocycles. The number of carbonyl (C=O) groups excluding carboxylic acids is 3. The smallest absolute Gasteiger partial charge is 0.337 e. The second-order valence-electron chi connectivity index (χ2n) is 9.30. The number of aliphatic hydroxyl groups excluding tert-OH is 1. The van der Waals surface area contributed by atoms with Crippen LogP contribution < -0.4 is 4.74 Å². The number of rotatable bonds is 6. The molecule has 1 saturated heterocycles. The van der Waals surface area contributed by atoms with Gasteiger partial charge in [0, 0.05) is 18.5 Å². The fourth-order valence-electron chi connectivity index (χ4n) is 5.00. The van der Waals surface area contributed by atoms with Gasteiger partial charge in [0.05, 0.1) is 24.3 Å². The molecule has 0 aliphatic carbocycles. The van der Waals surface area contributed by atoms with Gasteiger partial charge >= 0.3 is 5.97 Å². The van der Waals surface area contributed by atoms with Crippen molar-refractivity contribution >= 4 is 23.4 Å². The molecule has 5 rings (SSSR count). The molecule has 2 atom stereocenters. The summed E-state index contributed by atoms with van der Waals surface area (Å²) in [5.74, 6) is -1.37. The number of hydrogen-bond donors (Lipinski definition) is 1. The Morgan fingerprint density at radius 1 is 1.03 bits per heavy atom. The first kappa shape index (κ1) is 24.3. The predicted octanol–water partition coefficient (Wildman–Crippen LogP) is 4.46. The molecule has 2 aliphatic heterocycles. The molecule has 0 aromatic heterocycles. The lowest BCUT2D eigenvalue weighted by atomic mass is 9.93. The van der Waals surface area contributed by atoms with E-state index in [1.807, 2.05) is 43.3 Å². The summed E-state index contributed by atoms with van der Waals surface area (Å²) in [5, 5.41) is 11.4. The van der Waals surface area contributed by atoms with E-state index in [2.05, 4.69) is 0 Å². The molecule has 1 N–H and O–H groups in total. The number of Topliss-reactive ketones (excluding diaryl/α,β-unsaturated/α-hetero) is 1. The van der Waals surface area contributed by atoms with Gasteiger partial charge in [-0.1, -0.05) is 42.5 Å². The van der Waals surface area contributed by atoms with Crippen molar-refractivity contribution in [2.24, 2.45) is 0 Å². The Balaban J connectivity index is 1.57. The highest BCUT2D eigenvalue weighted by atomic mass is 16.5. The van der Waals surface area contributed by atoms with Crippen LogP contribution in [0.4, 0.5) is 0 Å². The molecular weight excluding hydrogens is 470 g/mol. The zero-order chi connectivity index (χ0) is 26.1. The van der Waals surface area contributed by atoms with Crippen LogP contribution in [0.3, 0.4) is 0 Å². The van der Waals surface area contributed by atoms with Crippen LogP contribution in [0.5, 0.6) is 5.75 Å². The highest BCUT2D eigenvalue weighted by Gasteiger charge is 2.46. The van der Waals surface area contributed by atoms with Crippen LogP contribution >= 0.6 is 0 Å². The minimum absolute atomic E-state index is 0.0239. The van der Waals surface area contributed by atoms with Gasteiger partial charge in [0.1, 0.15) is 17.6 Å². The van der Waals surface area contributed by atoms with Gasteiger partial charge in [-0.15, -0.1) is 0 Å². The van der Waals surface area contributed by atoms with Crippen molar-refractivity contribution < 1.29 is 29.0 Å². The summed E-state index contributed by atoms with van der Waals surface area (Å²) in [6, 6.07) is 20.7. The first-order valence-electron chi connectivity index (χ1n) is 12.2. The zero-order valence-corrected chi connectivity index (χ0v) is 20.6. The van der Waals surface area contributed by atoms with E-state index in [9.17, 15) is 19.5 Å². The Bertz CT molecular complexity index is 1390. The third-order valence-electron chi connectivity index (χ3n) is 6.84. The standard InChI is InChI=1S/C30H27NO6/c1-18-16-23-17-22(12-13-24(23)37-18)27(32)25-26(20-8-10-21(11-9-20)30(35)36-2)31(29(34)28(25)33)15-14-19-6-4-3-5-7-19/h3-13,17-18,26,32H,14-16H2,1-2H3/b27-25+. The average molecular weight is 498 g/mol. The van der Waals surface area contributed by atoms with Crippen LogP contribution in [0.25, 0.3) is 5.76 Å². The number of carbonyl (C=O) groups is 3. The van der Waals surface area contributed by atoms with Crippen LogP contribution in [0.1, 0.15) is 45.6 Å². The van der Waals surface area contributed by atoms with Crippen molar-refractivity contribution in [1.29, 1.82) is 0 Å². The van der Waals surface area contributed by atoms with E-state index in [1.165, 1.54) is 12.0 Å². The molecule has 3 aromatic carbocycles. The fourth-order valence-corrected chi connectivity index (χ4v) is 5.00. The van der Waals surface area contributed by atoms with Crippen molar-refractivity contribution in [2.75, 3.05) is 13.7 Å². The lowest BCUT2D eigenvalue weighted by Crippen LogP contribution is -2.31. The number of ether oxygens (including phenoxy) is 2. The zero-order valence-electron chi connectivity index (χ0n) is 20.6. The van der Waals surface area contributed by atoms with E-state index in [4.69, 9.17) is 9.47 Å². The van der Waals surface area contributed by atoms with Gasteiger partial charge in [-0.2, -0.15) is 0 Å². The molecule has 1 amide bonds. The second kappa shape index (κ2) is 9.93. The van der Waals surface area contributed by atoms with E-state index >= 15 is 0 Å². The molecule has 7 heteroatoms. The van der Waals surface area contributed by atoms with E-state index < -0.39 is 23.7 Å². The van der Waals surface area contributed by atoms with Crippen LogP contribution in [0, 0.1) is 0 Å². The van der Waals surface area contributed by atoms with Crippen LogP contribution in [-0.2, 0) is 27.2 Å². The van der Waals surface area contributed by atoms with Crippen LogP contribution in [0.2, 0.25) is 0 Å². The molecule has 1 fully saturated rings. The number of esters is 1. The van der Waals surface area contributed by atoms with Crippen molar-refractivity contribution in [1.82, 2.24) is 4.90 Å². The fraction of sp³-hybridized carbons (Fsp3) is 0.233. The highest BCUT2D eigenvalue weighted by molar-refractivity contribution is 6.46. The molecule has 0 radical (unpaired) electrons. The number of likely N-dealkylation sites (tertiary alicyclic amines) is 1. The Morgan fingerprint density at radius 2 is 1.73 bits per heavy atom. The number of ketones is 1. The monoisotopic (exact) mass is 497 g/mol. The minimum atomic E-state index is -0.807. The van der Waals surface area contributed by atoms with E-state index in [0.29, 0.717) is 29.5 Å². The topological polar surface area (TPSA) is 93.1 Å². The first-order valence-corrected chi connectivity index (χ1v) is 12.2. The Morgan fingerprint density at radius 3 is 2.43 bits per heavy atom. The molecule has 3 aromatic rings. The highest BCUT2D eigenvalue weighted by Crippen LogP contribution is 2.40. The number of methoxy groups -OCH3 is 1. The SMILES string of the molecule is COC(=O)c1ccc(C2/C(=C(\O)c3ccc4c(c3)CC(C)O4)C(=O)C(=O)N2CCc2ccccc2)cc1. The Kier molecular flexibility index (Phi) is 6.53. The molecule has 0 bridgehead atoms. The molecule has 37 heavy (non-hydrogen) atoms. The van der Waals surface area contributed by atoms with Crippen molar-refractivity contribution in [3.05, 3.63) is 106 Å². The Hall–Kier alpha value is -4.39. The summed E-state index contributed by atoms with van der Waals surface area (Å²) >= 11 is 0. The minimum Gasteiger partial charge on any atom is -0.507 e. The van der Waals surface area contributed by atoms with Gasteiger partial charge in [0.25, 0.3) is 11.7 Å². The summed E-state index contributed by atoms with van der Waals surface area (Å²) in [6.45, 7) is 2.25. The van der Waals surface area contributed by atoms with E-state index in [1.54, 1.807) is 36.4 Å². The number of fused-ring (bicyclic) bond motifs is 1. The number of benzene rings is 3. The second-order valence-corrected chi connectivity index (χ2v) is 9.30. The quantitative estimate of drug-likeness (QED) is 0.234. The normalized spacial score (nSPS) is 20.0. The van der Waals surface area contributed by atoms with Crippen molar-refractivity contribution in [3.8, 4) is 5.75 Å². The van der Waals surface area contributed by atoms with Crippen molar-refractivity contribution in [2.45, 2.75) is 31.9 Å². The maximum Gasteiger partial charge on any atom is 0.337 e. The largest absolute Gasteiger partial charge is 0.507 e. The molecule has 2 unspecified atom stereocenters. The van der Waals surface area contributed by atoms with Gasteiger partial charge in [0.2, 0.25) is 0 Å². The molecule has 188 valence electrons. The predicted molar refractivity (Wildman–Crippen MR) is 137 cm³/mol. The molecule has 7 nitrogen and oxygen atoms in total. The number of amides is 1. The van der Waals surface area contributed by atoms with Crippen LogP contribution in [-0.4, -0.2) is 47.4 Å². The number of nitrogens with zero attached hydrogens (tertiary/aromatic N) is 1. The molecule has 0 saturated carbocycles. The summed E-state index contributed by atoms with van der Waals surface area (Å²) in [7, 11) is 1.30. The first-order chi connectivity index (χ1) is 17.9. The summed E-state index contributed by atoms with van der Waals surface area (Å²) in [5.41, 5.74) is 3.40. The van der Waals surface area contributed by atoms with Gasteiger partial charge in [-0.3, -0.25) is 9.59 Å². The average Bonchev–Trinajstić information content (AvgIpc) is 3.42. The maximum atomic E-state index is 13.3. The third kappa shape index (κ3) is 4.60. The molecule has 2 aliphatic rings. The van der Waals surface area contributed by atoms with Crippen LogP contribution in [0.15, 0.2) is 78.4 Å². The van der Waals surface area contributed by atoms with E-state index in [0.717, 1.165) is 16.9 Å². The van der Waals surface area contributed by atoms with Gasteiger partial charge in [0.15, 0.2) is 0 Å². The van der Waals surface area contributed by atoms with Crippen molar-refractivity contribution in [3.63, 3.8) is 0 Å². The van der Waals surface area contributed by atoms with E-state index in [-0.39, 0.29) is 24.0 Å². The Labute approximate surface area is 214 Å². The van der Waals surface area contributed by atoms with Gasteiger partial charge in [-0.05, 0) is 60.4 Å². The summed E-state index contributed by atoms with van der Waals surface area (Å²) in [6.07, 6.45) is 1.27. The number of hydrogen-bond acceptors (Lipinski definition) is 6. The summed E-state index contributed by atoms with van der Waals surface area (Å²) < 4.78 is 10.6. The lowest BCUT2D eigenvalue weighted by Gasteiger charge is -2.25. The summed E-state index contributed by atoms with van der Waals surface area (Å²) in [4.78, 5) is 40.0. The number of aliphatic hydroxyl groups is 1. The lowest BCUT2D eigenvalue weighted by molar-refractivity contribution is -0.139.